The second kappa shape index (κ2) is 14.7. The normalized spacial score (nSPS) is 11.8. The fraction of sp³-hybridized carbons (Fsp3) is 0.417. The lowest BCUT2D eigenvalue weighted by Gasteiger charge is -2.15. The number of hydrogen-bond donors (Lipinski definition) is 3. The van der Waals surface area contributed by atoms with Gasteiger partial charge < -0.3 is 20.7 Å². The van der Waals surface area contributed by atoms with Gasteiger partial charge in [-0.25, -0.2) is 4.99 Å². The summed E-state index contributed by atoms with van der Waals surface area (Å²) in [4.78, 5) is 16.5. The number of methoxy groups -OCH3 is 1. The predicted molar refractivity (Wildman–Crippen MR) is 139 cm³/mol. The number of carbonyl (C=O) groups is 1. The van der Waals surface area contributed by atoms with Gasteiger partial charge in [-0.15, -0.1) is 24.0 Å². The number of aliphatic imine (C=N–C) groups is 1. The fourth-order valence-corrected chi connectivity index (χ4v) is 3.04. The van der Waals surface area contributed by atoms with Gasteiger partial charge in [0.2, 0.25) is 0 Å². The molecule has 2 rings (SSSR count). The summed E-state index contributed by atoms with van der Waals surface area (Å²) in [5.41, 5.74) is 3.03. The van der Waals surface area contributed by atoms with E-state index in [0.29, 0.717) is 24.6 Å². The average Bonchev–Trinajstić information content (AvgIpc) is 2.78. The molecule has 2 aromatic carbocycles. The SMILES string of the molecule is CCNC(=O)c1ccc(CN=C(NCC)NCCC(C)c2ccc(OC)cc2)cc1.I. The van der Waals surface area contributed by atoms with Crippen molar-refractivity contribution in [1.29, 1.82) is 0 Å². The highest BCUT2D eigenvalue weighted by Crippen LogP contribution is 2.21. The smallest absolute Gasteiger partial charge is 0.251 e. The standard InChI is InChI=1S/C24H34N4O2.HI/c1-5-25-23(29)21-9-7-19(8-10-21)17-28-24(26-6-2)27-16-15-18(3)20-11-13-22(30-4)14-12-20;/h7-14,18H,5-6,15-17H2,1-4H3,(H,25,29)(H2,26,27,28);1H. The zero-order valence-electron chi connectivity index (χ0n) is 18.9. The number of nitrogens with zero attached hydrogens (tertiary/aromatic N) is 1. The first-order valence-corrected chi connectivity index (χ1v) is 10.6. The van der Waals surface area contributed by atoms with Crippen molar-refractivity contribution in [3.63, 3.8) is 0 Å². The van der Waals surface area contributed by atoms with Crippen LogP contribution in [0.5, 0.6) is 5.75 Å². The Morgan fingerprint density at radius 2 is 1.61 bits per heavy atom. The molecular weight excluding hydrogens is 503 g/mol. The Morgan fingerprint density at radius 1 is 0.968 bits per heavy atom. The molecule has 0 radical (unpaired) electrons. The van der Waals surface area contributed by atoms with E-state index in [-0.39, 0.29) is 29.9 Å². The summed E-state index contributed by atoms with van der Waals surface area (Å²) < 4.78 is 5.22. The third-order valence-electron chi connectivity index (χ3n) is 4.87. The number of benzene rings is 2. The minimum absolute atomic E-state index is 0. The van der Waals surface area contributed by atoms with Crippen molar-refractivity contribution < 1.29 is 9.53 Å². The highest BCUT2D eigenvalue weighted by molar-refractivity contribution is 14.0. The summed E-state index contributed by atoms with van der Waals surface area (Å²) in [7, 11) is 1.68. The Hall–Kier alpha value is -2.29. The fourth-order valence-electron chi connectivity index (χ4n) is 3.04. The van der Waals surface area contributed by atoms with E-state index in [1.807, 2.05) is 43.3 Å². The maximum atomic E-state index is 11.9. The van der Waals surface area contributed by atoms with E-state index in [4.69, 9.17) is 4.74 Å². The first-order chi connectivity index (χ1) is 14.6. The Kier molecular flexibility index (Phi) is 12.7. The van der Waals surface area contributed by atoms with Crippen LogP contribution < -0.4 is 20.7 Å². The maximum Gasteiger partial charge on any atom is 0.251 e. The van der Waals surface area contributed by atoms with Crippen LogP contribution >= 0.6 is 24.0 Å². The van der Waals surface area contributed by atoms with Crippen LogP contribution in [-0.2, 0) is 6.54 Å². The van der Waals surface area contributed by atoms with Gasteiger partial charge >= 0.3 is 0 Å². The molecule has 0 fully saturated rings. The first-order valence-electron chi connectivity index (χ1n) is 10.6. The zero-order valence-corrected chi connectivity index (χ0v) is 21.2. The van der Waals surface area contributed by atoms with Crippen LogP contribution in [0.2, 0.25) is 0 Å². The molecule has 6 nitrogen and oxygen atoms in total. The molecule has 0 bridgehead atoms. The van der Waals surface area contributed by atoms with E-state index < -0.39 is 0 Å². The maximum absolute atomic E-state index is 11.9. The molecule has 7 heteroatoms. The topological polar surface area (TPSA) is 74.8 Å². The van der Waals surface area contributed by atoms with Crippen LogP contribution in [0.3, 0.4) is 0 Å². The van der Waals surface area contributed by atoms with Gasteiger partial charge in [0.15, 0.2) is 5.96 Å². The molecule has 0 saturated carbocycles. The highest BCUT2D eigenvalue weighted by Gasteiger charge is 2.07. The third kappa shape index (κ3) is 9.16. The number of guanidine groups is 1. The van der Waals surface area contributed by atoms with Gasteiger partial charge in [0.25, 0.3) is 5.91 Å². The number of nitrogens with one attached hydrogen (secondary N) is 3. The summed E-state index contributed by atoms with van der Waals surface area (Å²) in [6.45, 7) is 9.00. The number of carbonyl (C=O) groups excluding carboxylic acids is 1. The Labute approximate surface area is 203 Å². The molecule has 3 N–H and O–H groups in total. The quantitative estimate of drug-likeness (QED) is 0.240. The van der Waals surface area contributed by atoms with Crippen LogP contribution in [0.25, 0.3) is 0 Å². The average molecular weight is 538 g/mol. The summed E-state index contributed by atoms with van der Waals surface area (Å²) in [6, 6.07) is 15.8. The van der Waals surface area contributed by atoms with E-state index >= 15 is 0 Å². The van der Waals surface area contributed by atoms with Crippen LogP contribution in [0.1, 0.15) is 54.6 Å². The van der Waals surface area contributed by atoms with Crippen molar-refractivity contribution in [3.8, 4) is 5.75 Å². The minimum Gasteiger partial charge on any atom is -0.497 e. The number of halogens is 1. The zero-order chi connectivity index (χ0) is 21.8. The van der Waals surface area contributed by atoms with Crippen LogP contribution in [0, 0.1) is 0 Å². The highest BCUT2D eigenvalue weighted by atomic mass is 127. The first kappa shape index (κ1) is 26.7. The Balaban J connectivity index is 0.00000480. The molecule has 0 aliphatic heterocycles. The lowest BCUT2D eigenvalue weighted by Crippen LogP contribution is -2.38. The van der Waals surface area contributed by atoms with Gasteiger partial charge in [-0.1, -0.05) is 31.2 Å². The molecule has 0 aromatic heterocycles. The van der Waals surface area contributed by atoms with Gasteiger partial charge in [0, 0.05) is 25.2 Å². The molecule has 0 aliphatic carbocycles. The lowest BCUT2D eigenvalue weighted by atomic mass is 9.98. The largest absolute Gasteiger partial charge is 0.497 e. The number of ether oxygens (including phenoxy) is 1. The molecule has 0 heterocycles. The molecule has 1 atom stereocenters. The van der Waals surface area contributed by atoms with Crippen LogP contribution in [-0.4, -0.2) is 38.6 Å². The van der Waals surface area contributed by atoms with E-state index in [0.717, 1.165) is 36.8 Å². The lowest BCUT2D eigenvalue weighted by molar-refractivity contribution is 0.0956. The van der Waals surface area contributed by atoms with E-state index in [1.54, 1.807) is 7.11 Å². The summed E-state index contributed by atoms with van der Waals surface area (Å²) in [5.74, 6) is 2.07. The minimum atomic E-state index is -0.0477. The number of hydrogen-bond acceptors (Lipinski definition) is 3. The summed E-state index contributed by atoms with van der Waals surface area (Å²) in [5, 5.41) is 9.50. The van der Waals surface area contributed by atoms with Gasteiger partial charge in [0.1, 0.15) is 5.75 Å². The van der Waals surface area contributed by atoms with Crippen molar-refractivity contribution in [2.75, 3.05) is 26.7 Å². The Morgan fingerprint density at radius 3 is 2.19 bits per heavy atom. The molecular formula is C24H35IN4O2. The molecule has 170 valence electrons. The second-order valence-corrected chi connectivity index (χ2v) is 7.14. The van der Waals surface area contributed by atoms with Crippen molar-refractivity contribution in [2.45, 2.75) is 39.7 Å². The van der Waals surface area contributed by atoms with E-state index in [9.17, 15) is 4.79 Å². The van der Waals surface area contributed by atoms with Crippen LogP contribution in [0.15, 0.2) is 53.5 Å². The van der Waals surface area contributed by atoms with Gasteiger partial charge in [-0.3, -0.25) is 4.79 Å². The van der Waals surface area contributed by atoms with Crippen molar-refractivity contribution >= 4 is 35.8 Å². The number of rotatable bonds is 10. The predicted octanol–water partition coefficient (Wildman–Crippen LogP) is 4.31. The molecule has 0 aliphatic rings. The molecule has 0 spiro atoms. The third-order valence-corrected chi connectivity index (χ3v) is 4.87. The van der Waals surface area contributed by atoms with Crippen molar-refractivity contribution in [1.82, 2.24) is 16.0 Å². The Bertz CT molecular complexity index is 807. The molecule has 0 saturated heterocycles. The number of amides is 1. The monoisotopic (exact) mass is 538 g/mol. The molecule has 2 aromatic rings. The van der Waals surface area contributed by atoms with E-state index in [2.05, 4.69) is 46.9 Å². The molecule has 1 unspecified atom stereocenters. The van der Waals surface area contributed by atoms with Gasteiger partial charge in [0.05, 0.1) is 13.7 Å². The second-order valence-electron chi connectivity index (χ2n) is 7.14. The van der Waals surface area contributed by atoms with Crippen molar-refractivity contribution in [2.24, 2.45) is 4.99 Å². The van der Waals surface area contributed by atoms with E-state index in [1.165, 1.54) is 5.56 Å². The van der Waals surface area contributed by atoms with Gasteiger partial charge in [-0.2, -0.15) is 0 Å². The summed E-state index contributed by atoms with van der Waals surface area (Å²) in [6.07, 6.45) is 0.998. The summed E-state index contributed by atoms with van der Waals surface area (Å²) >= 11 is 0. The van der Waals surface area contributed by atoms with Crippen molar-refractivity contribution in [3.05, 3.63) is 65.2 Å². The molecule has 31 heavy (non-hydrogen) atoms. The van der Waals surface area contributed by atoms with Crippen LogP contribution in [0.4, 0.5) is 0 Å². The molecule has 1 amide bonds. The van der Waals surface area contributed by atoms with Gasteiger partial charge in [-0.05, 0) is 61.6 Å².